The average Bonchev–Trinajstić information content (AvgIpc) is 2.30. The van der Waals surface area contributed by atoms with Gasteiger partial charge in [-0.2, -0.15) is 0 Å². The smallest absolute Gasteiger partial charge is 0.303 e. The third kappa shape index (κ3) is 3.20. The van der Waals surface area contributed by atoms with E-state index < -0.39 is 11.8 Å². The van der Waals surface area contributed by atoms with Gasteiger partial charge in [0.05, 0.1) is 6.42 Å². The van der Waals surface area contributed by atoms with Gasteiger partial charge in [0.25, 0.3) is 0 Å². The molecule has 0 aliphatic heterocycles. The summed E-state index contributed by atoms with van der Waals surface area (Å²) in [6, 6.07) is 8.27. The van der Waals surface area contributed by atoms with Gasteiger partial charge in [-0.1, -0.05) is 35.5 Å². The van der Waals surface area contributed by atoms with Crippen LogP contribution in [0.2, 0.25) is 0 Å². The first-order valence-corrected chi connectivity index (χ1v) is 4.67. The Balaban J connectivity index is 2.75. The summed E-state index contributed by atoms with van der Waals surface area (Å²) >= 11 is 0. The first kappa shape index (κ1) is 11.9. The van der Waals surface area contributed by atoms with Gasteiger partial charge in [0.15, 0.2) is 0 Å². The zero-order valence-electron chi connectivity index (χ0n) is 8.46. The summed E-state index contributed by atoms with van der Waals surface area (Å²) in [6.45, 7) is 0. The molecule has 0 unspecified atom stereocenters. The molecule has 0 saturated carbocycles. The van der Waals surface area contributed by atoms with Gasteiger partial charge in [-0.25, -0.2) is 0 Å². The number of rotatable bonds is 5. The molecule has 0 saturated heterocycles. The van der Waals surface area contributed by atoms with Crippen LogP contribution < -0.4 is 0 Å². The molecule has 1 rings (SSSR count). The number of ketones is 1. The number of aliphatic carboxylic acids is 1. The Morgan fingerprint density at radius 2 is 1.75 bits per heavy atom. The maximum atomic E-state index is 11.7. The lowest BCUT2D eigenvalue weighted by molar-refractivity contribution is -0.136. The van der Waals surface area contributed by atoms with Crippen LogP contribution in [0, 0.1) is 0 Å². The van der Waals surface area contributed by atoms with Crippen LogP contribution in [-0.2, 0) is 4.79 Å². The van der Waals surface area contributed by atoms with Gasteiger partial charge in [-0.05, 0) is 0 Å². The SMILES string of the molecule is O=C(O)CCC(=NO)C(=O)c1ccccc1. The van der Waals surface area contributed by atoms with Crippen molar-refractivity contribution in [2.45, 2.75) is 12.8 Å². The molecule has 0 radical (unpaired) electrons. The Hall–Kier alpha value is -2.17. The fourth-order valence-corrected chi connectivity index (χ4v) is 1.19. The third-order valence-corrected chi connectivity index (χ3v) is 1.99. The molecule has 1 aromatic rings. The number of carboxylic acid groups (broad SMARTS) is 1. The van der Waals surface area contributed by atoms with Crippen molar-refractivity contribution >= 4 is 17.5 Å². The predicted octanol–water partition coefficient (Wildman–Crippen LogP) is 1.56. The molecule has 0 aromatic heterocycles. The van der Waals surface area contributed by atoms with Crippen LogP contribution >= 0.6 is 0 Å². The van der Waals surface area contributed by atoms with E-state index >= 15 is 0 Å². The van der Waals surface area contributed by atoms with Crippen molar-refractivity contribution in [3.63, 3.8) is 0 Å². The standard InChI is InChI=1S/C11H11NO4/c13-10(14)7-6-9(12-16)11(15)8-4-2-1-3-5-8/h1-5,16H,6-7H2,(H,13,14). The highest BCUT2D eigenvalue weighted by Gasteiger charge is 2.15. The van der Waals surface area contributed by atoms with Crippen molar-refractivity contribution in [1.29, 1.82) is 0 Å². The van der Waals surface area contributed by atoms with Gasteiger partial charge in [0.1, 0.15) is 5.71 Å². The zero-order valence-corrected chi connectivity index (χ0v) is 8.46. The quantitative estimate of drug-likeness (QED) is 0.342. The van der Waals surface area contributed by atoms with E-state index in [4.69, 9.17) is 10.3 Å². The van der Waals surface area contributed by atoms with Gasteiger partial charge < -0.3 is 10.3 Å². The van der Waals surface area contributed by atoms with Gasteiger partial charge in [0.2, 0.25) is 5.78 Å². The largest absolute Gasteiger partial charge is 0.481 e. The van der Waals surface area contributed by atoms with Crippen LogP contribution in [0.3, 0.4) is 0 Å². The number of hydrogen-bond acceptors (Lipinski definition) is 4. The van der Waals surface area contributed by atoms with Crippen LogP contribution in [0.25, 0.3) is 0 Å². The lowest BCUT2D eigenvalue weighted by Gasteiger charge is -2.01. The van der Waals surface area contributed by atoms with Crippen molar-refractivity contribution in [2.75, 3.05) is 0 Å². The summed E-state index contributed by atoms with van der Waals surface area (Å²) < 4.78 is 0. The van der Waals surface area contributed by atoms with E-state index in [1.54, 1.807) is 30.3 Å². The predicted molar refractivity (Wildman–Crippen MR) is 56.9 cm³/mol. The second kappa shape index (κ2) is 5.65. The van der Waals surface area contributed by atoms with Crippen molar-refractivity contribution in [1.82, 2.24) is 0 Å². The van der Waals surface area contributed by atoms with Crippen molar-refractivity contribution < 1.29 is 19.9 Å². The Morgan fingerprint density at radius 3 is 2.25 bits per heavy atom. The molecule has 16 heavy (non-hydrogen) atoms. The maximum Gasteiger partial charge on any atom is 0.303 e. The van der Waals surface area contributed by atoms with E-state index in [2.05, 4.69) is 5.16 Å². The van der Waals surface area contributed by atoms with E-state index in [0.29, 0.717) is 5.56 Å². The molecule has 0 atom stereocenters. The molecule has 5 heteroatoms. The molecule has 0 aliphatic rings. The average molecular weight is 221 g/mol. The second-order valence-corrected chi connectivity index (χ2v) is 3.14. The summed E-state index contributed by atoms with van der Waals surface area (Å²) in [7, 11) is 0. The molecule has 5 nitrogen and oxygen atoms in total. The first-order valence-electron chi connectivity index (χ1n) is 4.67. The van der Waals surface area contributed by atoms with E-state index in [0.717, 1.165) is 0 Å². The van der Waals surface area contributed by atoms with Crippen LogP contribution in [0.5, 0.6) is 0 Å². The highest BCUT2D eigenvalue weighted by molar-refractivity contribution is 6.46. The number of Topliss-reactive ketones (excluding diaryl/α,β-unsaturated/α-hetero) is 1. The molecule has 0 aliphatic carbocycles. The Labute approximate surface area is 92.0 Å². The van der Waals surface area contributed by atoms with Gasteiger partial charge in [-0.15, -0.1) is 0 Å². The molecule has 0 spiro atoms. The van der Waals surface area contributed by atoms with Gasteiger partial charge in [-0.3, -0.25) is 9.59 Å². The molecule has 0 heterocycles. The molecular formula is C11H11NO4. The molecular weight excluding hydrogens is 210 g/mol. The molecule has 0 fully saturated rings. The second-order valence-electron chi connectivity index (χ2n) is 3.14. The van der Waals surface area contributed by atoms with Gasteiger partial charge in [0, 0.05) is 12.0 Å². The number of carbonyl (C=O) groups excluding carboxylic acids is 1. The molecule has 0 bridgehead atoms. The lowest BCUT2D eigenvalue weighted by Crippen LogP contribution is -2.16. The minimum atomic E-state index is -1.04. The fourth-order valence-electron chi connectivity index (χ4n) is 1.19. The van der Waals surface area contributed by atoms with E-state index in [-0.39, 0.29) is 18.6 Å². The maximum absolute atomic E-state index is 11.7. The summed E-state index contributed by atoms with van der Waals surface area (Å²) in [4.78, 5) is 22.0. The Bertz CT molecular complexity index is 411. The number of nitrogens with zero attached hydrogens (tertiary/aromatic N) is 1. The highest BCUT2D eigenvalue weighted by Crippen LogP contribution is 2.05. The first-order chi connectivity index (χ1) is 7.65. The summed E-state index contributed by atoms with van der Waals surface area (Å²) in [6.07, 6.45) is -0.322. The molecule has 1 aromatic carbocycles. The van der Waals surface area contributed by atoms with Crippen LogP contribution in [0.1, 0.15) is 23.2 Å². The third-order valence-electron chi connectivity index (χ3n) is 1.99. The van der Waals surface area contributed by atoms with Gasteiger partial charge >= 0.3 is 5.97 Å². The van der Waals surface area contributed by atoms with E-state index in [1.807, 2.05) is 0 Å². The molecule has 84 valence electrons. The minimum absolute atomic E-state index is 0.0838. The summed E-state index contributed by atoms with van der Waals surface area (Å²) in [5.41, 5.74) is 0.231. The number of oxime groups is 1. The highest BCUT2D eigenvalue weighted by atomic mass is 16.4. The fraction of sp³-hybridized carbons (Fsp3) is 0.182. The lowest BCUT2D eigenvalue weighted by atomic mass is 10.0. The minimum Gasteiger partial charge on any atom is -0.481 e. The topological polar surface area (TPSA) is 87.0 Å². The number of carboxylic acids is 1. The number of carbonyl (C=O) groups is 2. The van der Waals surface area contributed by atoms with Crippen LogP contribution in [0.4, 0.5) is 0 Å². The Morgan fingerprint density at radius 1 is 1.12 bits per heavy atom. The number of hydrogen-bond donors (Lipinski definition) is 2. The normalized spacial score (nSPS) is 11.1. The van der Waals surface area contributed by atoms with Crippen LogP contribution in [0.15, 0.2) is 35.5 Å². The van der Waals surface area contributed by atoms with Crippen molar-refractivity contribution in [3.8, 4) is 0 Å². The summed E-state index contributed by atoms with van der Waals surface area (Å²) in [5, 5.41) is 19.9. The van der Waals surface area contributed by atoms with E-state index in [1.165, 1.54) is 0 Å². The van der Waals surface area contributed by atoms with Crippen LogP contribution in [-0.4, -0.2) is 27.8 Å². The van der Waals surface area contributed by atoms with E-state index in [9.17, 15) is 9.59 Å². The monoisotopic (exact) mass is 221 g/mol. The van der Waals surface area contributed by atoms with Crippen molar-refractivity contribution in [2.24, 2.45) is 5.16 Å². The summed E-state index contributed by atoms with van der Waals surface area (Å²) in [5.74, 6) is -1.49. The van der Waals surface area contributed by atoms with Crippen molar-refractivity contribution in [3.05, 3.63) is 35.9 Å². The molecule has 2 N–H and O–H groups in total. The Kier molecular flexibility index (Phi) is 4.20. The number of benzene rings is 1. The molecule has 0 amide bonds. The zero-order chi connectivity index (χ0) is 12.0.